The van der Waals surface area contributed by atoms with Gasteiger partial charge in [-0.15, -0.1) is 0 Å². The Morgan fingerprint density at radius 2 is 1.33 bits per heavy atom. The molecule has 0 rings (SSSR count). The first kappa shape index (κ1) is 13.5. The smallest absolute Gasteiger partial charge is 0.404 e. The molecule has 4 N–H and O–H groups in total. The van der Waals surface area contributed by atoms with Crippen LogP contribution in [-0.4, -0.2) is 25.4 Å². The monoisotopic (exact) mass is 218 g/mol. The van der Waals surface area contributed by atoms with Crippen molar-refractivity contribution in [2.45, 2.75) is 26.7 Å². The lowest BCUT2D eigenvalue weighted by Crippen LogP contribution is -2.35. The summed E-state index contributed by atoms with van der Waals surface area (Å²) in [6.45, 7) is 4.08. The summed E-state index contributed by atoms with van der Waals surface area (Å²) in [5.41, 5.74) is 9.34. The van der Waals surface area contributed by atoms with E-state index in [1.165, 1.54) is 0 Å². The van der Waals surface area contributed by atoms with Crippen molar-refractivity contribution in [3.8, 4) is 0 Å². The fourth-order valence-corrected chi connectivity index (χ4v) is 1.15. The highest BCUT2D eigenvalue weighted by Gasteiger charge is 2.29. The SMILES string of the molecule is CCC(CC)(COC(N)=O)COC(N)=O. The van der Waals surface area contributed by atoms with Gasteiger partial charge in [0.25, 0.3) is 0 Å². The van der Waals surface area contributed by atoms with Gasteiger partial charge < -0.3 is 20.9 Å². The standard InChI is InChI=1S/C9H18N2O4/c1-3-9(4-2,5-14-7(10)12)6-15-8(11)13/h3-6H2,1-2H3,(H2,10,12)(H2,11,13). The third-order valence-corrected chi connectivity index (χ3v) is 2.54. The molecule has 6 heteroatoms. The Morgan fingerprint density at radius 1 is 1.00 bits per heavy atom. The van der Waals surface area contributed by atoms with E-state index in [9.17, 15) is 9.59 Å². The van der Waals surface area contributed by atoms with E-state index in [1.807, 2.05) is 13.8 Å². The Hall–Kier alpha value is -1.46. The van der Waals surface area contributed by atoms with Crippen LogP contribution >= 0.6 is 0 Å². The Balaban J connectivity index is 4.29. The first-order valence-corrected chi connectivity index (χ1v) is 4.80. The average molecular weight is 218 g/mol. The number of hydrogen-bond donors (Lipinski definition) is 2. The summed E-state index contributed by atoms with van der Waals surface area (Å²) in [5, 5.41) is 0. The molecule has 0 aliphatic heterocycles. The van der Waals surface area contributed by atoms with Crippen molar-refractivity contribution in [1.82, 2.24) is 0 Å². The van der Waals surface area contributed by atoms with E-state index in [-0.39, 0.29) is 13.2 Å². The zero-order valence-electron chi connectivity index (χ0n) is 9.12. The molecule has 0 bridgehead atoms. The molecular formula is C9H18N2O4. The molecule has 0 unspecified atom stereocenters. The van der Waals surface area contributed by atoms with Gasteiger partial charge in [0.05, 0.1) is 0 Å². The van der Waals surface area contributed by atoms with Crippen molar-refractivity contribution in [3.05, 3.63) is 0 Å². The summed E-state index contributed by atoms with van der Waals surface area (Å²) in [6, 6.07) is 0. The minimum absolute atomic E-state index is 0.128. The van der Waals surface area contributed by atoms with Gasteiger partial charge in [-0.25, -0.2) is 9.59 Å². The fraction of sp³-hybridized carbons (Fsp3) is 0.778. The molecule has 0 aliphatic carbocycles. The molecule has 0 aromatic heterocycles. The molecule has 0 saturated heterocycles. The van der Waals surface area contributed by atoms with Gasteiger partial charge >= 0.3 is 12.2 Å². The predicted molar refractivity (Wildman–Crippen MR) is 54.1 cm³/mol. The predicted octanol–water partition coefficient (Wildman–Crippen LogP) is 0.983. The van der Waals surface area contributed by atoms with Crippen molar-refractivity contribution in [3.63, 3.8) is 0 Å². The average Bonchev–Trinajstić information content (AvgIpc) is 2.19. The molecule has 0 radical (unpaired) electrons. The molecule has 0 fully saturated rings. The quantitative estimate of drug-likeness (QED) is 0.693. The summed E-state index contributed by atoms with van der Waals surface area (Å²) in [5.74, 6) is 0. The van der Waals surface area contributed by atoms with Crippen LogP contribution in [0.4, 0.5) is 9.59 Å². The molecule has 0 atom stereocenters. The van der Waals surface area contributed by atoms with E-state index in [4.69, 9.17) is 20.9 Å². The van der Waals surface area contributed by atoms with E-state index < -0.39 is 17.6 Å². The largest absolute Gasteiger partial charge is 0.449 e. The van der Waals surface area contributed by atoms with Crippen LogP contribution in [0.15, 0.2) is 0 Å². The summed E-state index contributed by atoms with van der Waals surface area (Å²) in [6.07, 6.45) is -0.269. The first-order valence-electron chi connectivity index (χ1n) is 4.80. The van der Waals surface area contributed by atoms with Gasteiger partial charge in [-0.05, 0) is 12.8 Å². The van der Waals surface area contributed by atoms with E-state index in [1.54, 1.807) is 0 Å². The van der Waals surface area contributed by atoms with Crippen molar-refractivity contribution in [1.29, 1.82) is 0 Å². The summed E-state index contributed by atoms with van der Waals surface area (Å²) in [4.78, 5) is 21.0. The van der Waals surface area contributed by atoms with E-state index in [0.717, 1.165) is 0 Å². The van der Waals surface area contributed by atoms with Crippen LogP contribution in [0, 0.1) is 5.41 Å². The number of amides is 2. The summed E-state index contributed by atoms with van der Waals surface area (Å²) >= 11 is 0. The number of hydrogen-bond acceptors (Lipinski definition) is 4. The topological polar surface area (TPSA) is 105 Å². The van der Waals surface area contributed by atoms with Crippen LogP contribution < -0.4 is 11.5 Å². The van der Waals surface area contributed by atoms with Crippen molar-refractivity contribution >= 4 is 12.2 Å². The maximum Gasteiger partial charge on any atom is 0.404 e. The third-order valence-electron chi connectivity index (χ3n) is 2.54. The molecule has 0 saturated carbocycles. The Labute approximate surface area is 88.9 Å². The van der Waals surface area contributed by atoms with Crippen LogP contribution in [0.1, 0.15) is 26.7 Å². The lowest BCUT2D eigenvalue weighted by atomic mass is 9.84. The first-order chi connectivity index (χ1) is 6.95. The van der Waals surface area contributed by atoms with Gasteiger partial charge in [0.15, 0.2) is 0 Å². The number of primary amides is 2. The highest BCUT2D eigenvalue weighted by Crippen LogP contribution is 2.27. The summed E-state index contributed by atoms with van der Waals surface area (Å²) in [7, 11) is 0. The van der Waals surface area contributed by atoms with Crippen molar-refractivity contribution in [2.75, 3.05) is 13.2 Å². The second kappa shape index (κ2) is 6.10. The Kier molecular flexibility index (Phi) is 5.51. The minimum Gasteiger partial charge on any atom is -0.449 e. The molecule has 0 aliphatic rings. The fourth-order valence-electron chi connectivity index (χ4n) is 1.15. The molecule has 15 heavy (non-hydrogen) atoms. The molecule has 88 valence electrons. The van der Waals surface area contributed by atoms with Gasteiger partial charge in [0.1, 0.15) is 13.2 Å². The number of ether oxygens (including phenoxy) is 2. The van der Waals surface area contributed by atoms with Crippen LogP contribution in [0.3, 0.4) is 0 Å². The zero-order valence-corrected chi connectivity index (χ0v) is 9.12. The van der Waals surface area contributed by atoms with Crippen LogP contribution in [0.5, 0.6) is 0 Å². The molecule has 0 aromatic carbocycles. The molecule has 0 spiro atoms. The van der Waals surface area contributed by atoms with Gasteiger partial charge in [0, 0.05) is 5.41 Å². The minimum atomic E-state index is -0.833. The lowest BCUT2D eigenvalue weighted by molar-refractivity contribution is 0.0261. The second-order valence-electron chi connectivity index (χ2n) is 3.42. The zero-order chi connectivity index (χ0) is 11.9. The van der Waals surface area contributed by atoms with Gasteiger partial charge in [-0.3, -0.25) is 0 Å². The molecule has 0 heterocycles. The Morgan fingerprint density at radius 3 is 1.53 bits per heavy atom. The van der Waals surface area contributed by atoms with Crippen molar-refractivity contribution in [2.24, 2.45) is 16.9 Å². The van der Waals surface area contributed by atoms with E-state index in [2.05, 4.69) is 0 Å². The van der Waals surface area contributed by atoms with Crippen molar-refractivity contribution < 1.29 is 19.1 Å². The van der Waals surface area contributed by atoms with Gasteiger partial charge in [-0.2, -0.15) is 0 Å². The van der Waals surface area contributed by atoms with Crippen LogP contribution in [0.2, 0.25) is 0 Å². The third kappa shape index (κ3) is 5.09. The lowest BCUT2D eigenvalue weighted by Gasteiger charge is -2.29. The normalized spacial score (nSPS) is 10.8. The molecular weight excluding hydrogens is 200 g/mol. The Bertz CT molecular complexity index is 206. The van der Waals surface area contributed by atoms with Gasteiger partial charge in [0.2, 0.25) is 0 Å². The highest BCUT2D eigenvalue weighted by molar-refractivity contribution is 5.65. The van der Waals surface area contributed by atoms with E-state index >= 15 is 0 Å². The second-order valence-corrected chi connectivity index (χ2v) is 3.42. The number of nitrogens with two attached hydrogens (primary N) is 2. The number of rotatable bonds is 6. The van der Waals surface area contributed by atoms with Gasteiger partial charge in [-0.1, -0.05) is 13.8 Å². The maximum atomic E-state index is 10.5. The molecule has 2 amide bonds. The molecule has 6 nitrogen and oxygen atoms in total. The number of carbonyl (C=O) groups is 2. The van der Waals surface area contributed by atoms with Crippen LogP contribution in [0.25, 0.3) is 0 Å². The van der Waals surface area contributed by atoms with Crippen LogP contribution in [-0.2, 0) is 9.47 Å². The van der Waals surface area contributed by atoms with E-state index in [0.29, 0.717) is 12.8 Å². The number of carbonyl (C=O) groups excluding carboxylic acids is 2. The molecule has 0 aromatic rings. The summed E-state index contributed by atoms with van der Waals surface area (Å²) < 4.78 is 9.46. The highest BCUT2D eigenvalue weighted by atomic mass is 16.6. The maximum absolute atomic E-state index is 10.5.